The average Bonchev–Trinajstić information content (AvgIpc) is 2.29. The lowest BCUT2D eigenvalue weighted by atomic mass is 10.2. The zero-order chi connectivity index (χ0) is 12.0. The number of nitrogens with zero attached hydrogens (tertiary/aromatic N) is 1. The third-order valence-electron chi connectivity index (χ3n) is 1.88. The summed E-state index contributed by atoms with van der Waals surface area (Å²) in [5.74, 6) is 0.799. The van der Waals surface area contributed by atoms with E-state index in [4.69, 9.17) is 27.3 Å². The lowest BCUT2D eigenvalue weighted by Gasteiger charge is -2.09. The van der Waals surface area contributed by atoms with Crippen molar-refractivity contribution in [2.75, 3.05) is 19.5 Å². The maximum atomic E-state index is 8.68. The quantitative estimate of drug-likeness (QED) is 0.213. The Hall–Kier alpha value is -0.910. The Morgan fingerprint density at radius 2 is 2.38 bits per heavy atom. The number of rotatable bonds is 5. The molecular formula is C10H13ClN2O2S. The van der Waals surface area contributed by atoms with Crippen LogP contribution in [0.25, 0.3) is 0 Å². The van der Waals surface area contributed by atoms with Crippen LogP contribution < -0.4 is 5.73 Å². The Kier molecular flexibility index (Phi) is 5.45. The molecule has 0 amide bonds. The molecule has 0 unspecified atom stereocenters. The van der Waals surface area contributed by atoms with Crippen LogP contribution >= 0.6 is 23.4 Å². The molecule has 0 aliphatic heterocycles. The molecule has 0 radical (unpaired) electrons. The standard InChI is InChI=1S/C10H13ClN2O2S/c1-15-5-6-16-8-4-2-3-7(11)9(8)10(12)13-14/h2-4,14H,5-6H2,1H3,(H2,12,13). The van der Waals surface area contributed by atoms with Crippen molar-refractivity contribution in [1.29, 1.82) is 0 Å². The molecule has 6 heteroatoms. The molecule has 88 valence electrons. The molecule has 0 fully saturated rings. The summed E-state index contributed by atoms with van der Waals surface area (Å²) >= 11 is 7.55. The first kappa shape index (κ1) is 13.2. The Bertz CT molecular complexity index is 385. The highest BCUT2D eigenvalue weighted by Gasteiger charge is 2.11. The van der Waals surface area contributed by atoms with Gasteiger partial charge in [0.1, 0.15) is 0 Å². The van der Waals surface area contributed by atoms with Gasteiger partial charge in [0.15, 0.2) is 5.84 Å². The van der Waals surface area contributed by atoms with Gasteiger partial charge in [0.25, 0.3) is 0 Å². The topological polar surface area (TPSA) is 67.8 Å². The van der Waals surface area contributed by atoms with E-state index in [-0.39, 0.29) is 5.84 Å². The fourth-order valence-corrected chi connectivity index (χ4v) is 2.49. The van der Waals surface area contributed by atoms with Crippen molar-refractivity contribution in [2.24, 2.45) is 10.9 Å². The number of hydrogen-bond donors (Lipinski definition) is 2. The number of oxime groups is 1. The van der Waals surface area contributed by atoms with Crippen LogP contribution in [-0.4, -0.2) is 30.5 Å². The van der Waals surface area contributed by atoms with Gasteiger partial charge in [0, 0.05) is 17.8 Å². The number of nitrogens with two attached hydrogens (primary N) is 1. The van der Waals surface area contributed by atoms with Crippen molar-refractivity contribution in [2.45, 2.75) is 4.90 Å². The van der Waals surface area contributed by atoms with Crippen LogP contribution in [0, 0.1) is 0 Å². The van der Waals surface area contributed by atoms with E-state index in [0.29, 0.717) is 17.2 Å². The molecule has 0 spiro atoms. The molecule has 16 heavy (non-hydrogen) atoms. The van der Waals surface area contributed by atoms with Crippen LogP contribution in [0.4, 0.5) is 0 Å². The van der Waals surface area contributed by atoms with Crippen molar-refractivity contribution in [3.05, 3.63) is 28.8 Å². The second-order valence-electron chi connectivity index (χ2n) is 2.94. The van der Waals surface area contributed by atoms with Crippen molar-refractivity contribution in [3.8, 4) is 0 Å². The summed E-state index contributed by atoms with van der Waals surface area (Å²) in [7, 11) is 1.64. The Labute approximate surface area is 103 Å². The van der Waals surface area contributed by atoms with Gasteiger partial charge in [-0.25, -0.2) is 0 Å². The fourth-order valence-electron chi connectivity index (χ4n) is 1.16. The SMILES string of the molecule is COCCSc1cccc(Cl)c1C(N)=NO. The van der Waals surface area contributed by atoms with Crippen LogP contribution in [0.2, 0.25) is 5.02 Å². The van der Waals surface area contributed by atoms with Gasteiger partial charge in [0.2, 0.25) is 0 Å². The Morgan fingerprint density at radius 3 is 3.00 bits per heavy atom. The minimum atomic E-state index is 0.0190. The number of amidine groups is 1. The lowest BCUT2D eigenvalue weighted by molar-refractivity contribution is 0.218. The highest BCUT2D eigenvalue weighted by Crippen LogP contribution is 2.28. The molecule has 0 saturated heterocycles. The summed E-state index contributed by atoms with van der Waals surface area (Å²) in [4.78, 5) is 0.875. The van der Waals surface area contributed by atoms with E-state index in [0.717, 1.165) is 10.6 Å². The summed E-state index contributed by atoms with van der Waals surface area (Å²) < 4.78 is 4.96. The normalized spacial score (nSPS) is 11.8. The van der Waals surface area contributed by atoms with E-state index in [9.17, 15) is 0 Å². The summed E-state index contributed by atoms with van der Waals surface area (Å²) in [6.07, 6.45) is 0. The summed E-state index contributed by atoms with van der Waals surface area (Å²) in [5, 5.41) is 12.1. The monoisotopic (exact) mass is 260 g/mol. The van der Waals surface area contributed by atoms with Crippen LogP contribution in [0.15, 0.2) is 28.3 Å². The zero-order valence-corrected chi connectivity index (χ0v) is 10.4. The van der Waals surface area contributed by atoms with E-state index in [1.54, 1.807) is 24.9 Å². The molecule has 0 saturated carbocycles. The molecule has 0 aliphatic rings. The Morgan fingerprint density at radius 1 is 1.62 bits per heavy atom. The Balaban J connectivity index is 2.94. The number of thioether (sulfide) groups is 1. The number of hydrogen-bond acceptors (Lipinski definition) is 4. The molecule has 0 bridgehead atoms. The van der Waals surface area contributed by atoms with E-state index >= 15 is 0 Å². The van der Waals surface area contributed by atoms with E-state index in [1.807, 2.05) is 12.1 Å². The molecular weight excluding hydrogens is 248 g/mol. The third-order valence-corrected chi connectivity index (χ3v) is 3.22. The number of halogens is 1. The van der Waals surface area contributed by atoms with Crippen LogP contribution in [0.5, 0.6) is 0 Å². The smallest absolute Gasteiger partial charge is 0.172 e. The minimum Gasteiger partial charge on any atom is -0.409 e. The molecule has 0 atom stereocenters. The maximum absolute atomic E-state index is 8.68. The van der Waals surface area contributed by atoms with Crippen molar-refractivity contribution < 1.29 is 9.94 Å². The van der Waals surface area contributed by atoms with Gasteiger partial charge in [-0.15, -0.1) is 11.8 Å². The zero-order valence-electron chi connectivity index (χ0n) is 8.81. The second kappa shape index (κ2) is 6.62. The van der Waals surface area contributed by atoms with Crippen molar-refractivity contribution in [3.63, 3.8) is 0 Å². The molecule has 0 aliphatic carbocycles. The van der Waals surface area contributed by atoms with Gasteiger partial charge in [-0.3, -0.25) is 0 Å². The molecule has 1 aromatic carbocycles. The third kappa shape index (κ3) is 3.30. The minimum absolute atomic E-state index is 0.0190. The van der Waals surface area contributed by atoms with E-state index in [1.165, 1.54) is 0 Å². The van der Waals surface area contributed by atoms with Gasteiger partial charge in [-0.2, -0.15) is 0 Å². The van der Waals surface area contributed by atoms with Gasteiger partial charge in [-0.05, 0) is 12.1 Å². The summed E-state index contributed by atoms with van der Waals surface area (Å²) in [6.45, 7) is 0.632. The fraction of sp³-hybridized carbons (Fsp3) is 0.300. The van der Waals surface area contributed by atoms with Crippen molar-refractivity contribution >= 4 is 29.2 Å². The lowest BCUT2D eigenvalue weighted by Crippen LogP contribution is -2.15. The van der Waals surface area contributed by atoms with Crippen molar-refractivity contribution in [1.82, 2.24) is 0 Å². The van der Waals surface area contributed by atoms with Crippen LogP contribution in [0.1, 0.15) is 5.56 Å². The number of ether oxygens (including phenoxy) is 1. The highest BCUT2D eigenvalue weighted by atomic mass is 35.5. The average molecular weight is 261 g/mol. The molecule has 1 rings (SSSR count). The molecule has 3 N–H and O–H groups in total. The van der Waals surface area contributed by atoms with Crippen LogP contribution in [-0.2, 0) is 4.74 Å². The molecule has 4 nitrogen and oxygen atoms in total. The second-order valence-corrected chi connectivity index (χ2v) is 4.48. The first-order chi connectivity index (χ1) is 7.70. The predicted octanol–water partition coefficient (Wildman–Crippen LogP) is 2.17. The molecule has 0 aromatic heterocycles. The van der Waals surface area contributed by atoms with Gasteiger partial charge >= 0.3 is 0 Å². The maximum Gasteiger partial charge on any atom is 0.172 e. The van der Waals surface area contributed by atoms with Gasteiger partial charge in [-0.1, -0.05) is 22.8 Å². The molecule has 0 heterocycles. The van der Waals surface area contributed by atoms with Gasteiger partial charge < -0.3 is 15.7 Å². The first-order valence-electron chi connectivity index (χ1n) is 4.59. The van der Waals surface area contributed by atoms with E-state index in [2.05, 4.69) is 5.16 Å². The van der Waals surface area contributed by atoms with E-state index < -0.39 is 0 Å². The summed E-state index contributed by atoms with van der Waals surface area (Å²) in [5.41, 5.74) is 6.13. The largest absolute Gasteiger partial charge is 0.409 e. The highest BCUT2D eigenvalue weighted by molar-refractivity contribution is 7.99. The summed E-state index contributed by atoms with van der Waals surface area (Å²) in [6, 6.07) is 5.40. The van der Waals surface area contributed by atoms with Gasteiger partial charge in [0.05, 0.1) is 17.2 Å². The number of methoxy groups -OCH3 is 1. The number of benzene rings is 1. The predicted molar refractivity (Wildman–Crippen MR) is 66.6 cm³/mol. The van der Waals surface area contributed by atoms with Crippen LogP contribution in [0.3, 0.4) is 0 Å². The first-order valence-corrected chi connectivity index (χ1v) is 5.95. The molecule has 1 aromatic rings.